The van der Waals surface area contributed by atoms with Gasteiger partial charge in [0.05, 0.1) is 0 Å². The van der Waals surface area contributed by atoms with E-state index >= 15 is 0 Å². The lowest BCUT2D eigenvalue weighted by Crippen LogP contribution is -2.38. The van der Waals surface area contributed by atoms with E-state index in [2.05, 4.69) is 32.9 Å². The van der Waals surface area contributed by atoms with Crippen LogP contribution in [0, 0.1) is 0 Å². The molecule has 2 heteroatoms. The van der Waals surface area contributed by atoms with Crippen molar-refractivity contribution in [1.29, 1.82) is 0 Å². The van der Waals surface area contributed by atoms with Crippen molar-refractivity contribution >= 4 is 0 Å². The van der Waals surface area contributed by atoms with Gasteiger partial charge in [-0.1, -0.05) is 26.8 Å². The van der Waals surface area contributed by atoms with Gasteiger partial charge in [-0.25, -0.2) is 0 Å². The summed E-state index contributed by atoms with van der Waals surface area (Å²) < 4.78 is 11.6. The maximum atomic E-state index is 5.86. The van der Waals surface area contributed by atoms with Crippen molar-refractivity contribution in [2.75, 3.05) is 6.61 Å². The van der Waals surface area contributed by atoms with Crippen molar-refractivity contribution in [2.45, 2.75) is 45.6 Å². The first-order valence-corrected chi connectivity index (χ1v) is 5.74. The molecule has 0 N–H and O–H groups in total. The summed E-state index contributed by atoms with van der Waals surface area (Å²) in [6.07, 6.45) is 0. The van der Waals surface area contributed by atoms with E-state index in [1.807, 2.05) is 19.9 Å². The number of fused-ring (bicyclic) bond motifs is 1. The van der Waals surface area contributed by atoms with Crippen LogP contribution in [0.15, 0.2) is 18.2 Å². The van der Waals surface area contributed by atoms with Crippen LogP contribution < -0.4 is 9.47 Å². The molecule has 0 aliphatic carbocycles. The second-order valence-electron chi connectivity index (χ2n) is 6.06. The molecule has 0 atom stereocenters. The van der Waals surface area contributed by atoms with Crippen LogP contribution in [-0.4, -0.2) is 12.2 Å². The predicted molar refractivity (Wildman–Crippen MR) is 65.3 cm³/mol. The number of hydrogen-bond donors (Lipinski definition) is 0. The van der Waals surface area contributed by atoms with Crippen molar-refractivity contribution < 1.29 is 9.47 Å². The van der Waals surface area contributed by atoms with Crippen LogP contribution in [-0.2, 0) is 5.41 Å². The Morgan fingerprint density at radius 3 is 2.44 bits per heavy atom. The molecule has 1 aromatic carbocycles. The molecule has 0 radical (unpaired) electrons. The van der Waals surface area contributed by atoms with Crippen molar-refractivity contribution in [3.05, 3.63) is 23.8 Å². The molecule has 1 heterocycles. The maximum absolute atomic E-state index is 5.86. The Hall–Kier alpha value is -1.18. The number of benzene rings is 1. The molecular formula is C14H20O2. The van der Waals surface area contributed by atoms with Crippen LogP contribution in [0.2, 0.25) is 0 Å². The van der Waals surface area contributed by atoms with Gasteiger partial charge in [-0.15, -0.1) is 0 Å². The number of hydrogen-bond acceptors (Lipinski definition) is 2. The van der Waals surface area contributed by atoms with Crippen LogP contribution in [0.25, 0.3) is 0 Å². The highest BCUT2D eigenvalue weighted by atomic mass is 16.6. The zero-order valence-corrected chi connectivity index (χ0v) is 10.8. The summed E-state index contributed by atoms with van der Waals surface area (Å²) in [6, 6.07) is 6.21. The fourth-order valence-electron chi connectivity index (χ4n) is 1.75. The van der Waals surface area contributed by atoms with Crippen molar-refractivity contribution in [1.82, 2.24) is 0 Å². The smallest absolute Gasteiger partial charge is 0.162 e. The lowest BCUT2D eigenvalue weighted by molar-refractivity contribution is 0.0212. The third-order valence-corrected chi connectivity index (χ3v) is 2.77. The first-order chi connectivity index (χ1) is 7.28. The Balaban J connectivity index is 2.36. The third-order valence-electron chi connectivity index (χ3n) is 2.77. The van der Waals surface area contributed by atoms with Crippen molar-refractivity contribution in [2.24, 2.45) is 0 Å². The first kappa shape index (κ1) is 11.3. The van der Waals surface area contributed by atoms with Gasteiger partial charge < -0.3 is 9.47 Å². The lowest BCUT2D eigenvalue weighted by Gasteiger charge is -2.33. The second-order valence-corrected chi connectivity index (χ2v) is 6.06. The monoisotopic (exact) mass is 220 g/mol. The predicted octanol–water partition coefficient (Wildman–Crippen LogP) is 3.53. The van der Waals surface area contributed by atoms with Crippen LogP contribution in [0.3, 0.4) is 0 Å². The molecule has 2 rings (SSSR count). The summed E-state index contributed by atoms with van der Waals surface area (Å²) in [6.45, 7) is 11.3. The van der Waals surface area contributed by atoms with Gasteiger partial charge in [0.25, 0.3) is 0 Å². The van der Waals surface area contributed by atoms with Gasteiger partial charge >= 0.3 is 0 Å². The van der Waals surface area contributed by atoms with E-state index in [1.165, 1.54) is 5.56 Å². The van der Waals surface area contributed by atoms with Gasteiger partial charge in [0.15, 0.2) is 11.5 Å². The molecule has 0 spiro atoms. The fourth-order valence-corrected chi connectivity index (χ4v) is 1.75. The highest BCUT2D eigenvalue weighted by Crippen LogP contribution is 2.38. The Bertz CT molecular complexity index is 400. The summed E-state index contributed by atoms with van der Waals surface area (Å²) in [5, 5.41) is 0. The Labute approximate surface area is 97.6 Å². The molecular weight excluding hydrogens is 200 g/mol. The molecule has 0 aromatic heterocycles. The van der Waals surface area contributed by atoms with Crippen molar-refractivity contribution in [3.63, 3.8) is 0 Å². The summed E-state index contributed by atoms with van der Waals surface area (Å²) in [4.78, 5) is 0. The van der Waals surface area contributed by atoms with Gasteiger partial charge in [0, 0.05) is 0 Å². The van der Waals surface area contributed by atoms with E-state index in [9.17, 15) is 0 Å². The van der Waals surface area contributed by atoms with Crippen LogP contribution >= 0.6 is 0 Å². The van der Waals surface area contributed by atoms with Gasteiger partial charge in [-0.2, -0.15) is 0 Å². The standard InChI is InChI=1S/C14H20O2/c1-13(2,3)10-6-7-11-12(8-10)15-9-14(4,5)16-11/h6-8H,9H2,1-5H3. The van der Waals surface area contributed by atoms with Crippen LogP contribution in [0.1, 0.15) is 40.2 Å². The van der Waals surface area contributed by atoms with Crippen LogP contribution in [0.4, 0.5) is 0 Å². The molecule has 1 aromatic rings. The van der Waals surface area contributed by atoms with E-state index in [0.29, 0.717) is 6.61 Å². The minimum atomic E-state index is -0.226. The number of ether oxygens (including phenoxy) is 2. The highest BCUT2D eigenvalue weighted by molar-refractivity contribution is 5.46. The highest BCUT2D eigenvalue weighted by Gasteiger charge is 2.28. The normalized spacial score (nSPS) is 18.3. The molecule has 0 saturated carbocycles. The van der Waals surface area contributed by atoms with E-state index in [1.54, 1.807) is 0 Å². The van der Waals surface area contributed by atoms with Gasteiger partial charge in [-0.05, 0) is 37.0 Å². The maximum Gasteiger partial charge on any atom is 0.162 e. The molecule has 0 unspecified atom stereocenters. The average molecular weight is 220 g/mol. The van der Waals surface area contributed by atoms with Gasteiger partial charge in [0.1, 0.15) is 12.2 Å². The van der Waals surface area contributed by atoms with Crippen molar-refractivity contribution in [3.8, 4) is 11.5 Å². The van der Waals surface area contributed by atoms with Gasteiger partial charge in [0.2, 0.25) is 0 Å². The topological polar surface area (TPSA) is 18.5 Å². The molecule has 0 saturated heterocycles. The first-order valence-electron chi connectivity index (χ1n) is 5.74. The molecule has 88 valence electrons. The zero-order valence-electron chi connectivity index (χ0n) is 10.8. The summed E-state index contributed by atoms with van der Waals surface area (Å²) in [7, 11) is 0. The Morgan fingerprint density at radius 1 is 1.12 bits per heavy atom. The number of rotatable bonds is 0. The Kier molecular flexibility index (Phi) is 2.41. The molecule has 0 fully saturated rings. The van der Waals surface area contributed by atoms with E-state index < -0.39 is 0 Å². The Morgan fingerprint density at radius 2 is 1.81 bits per heavy atom. The molecule has 0 bridgehead atoms. The van der Waals surface area contributed by atoms with Gasteiger partial charge in [-0.3, -0.25) is 0 Å². The second kappa shape index (κ2) is 3.41. The van der Waals surface area contributed by atoms with E-state index in [-0.39, 0.29) is 11.0 Å². The summed E-state index contributed by atoms with van der Waals surface area (Å²) >= 11 is 0. The fraction of sp³-hybridized carbons (Fsp3) is 0.571. The summed E-state index contributed by atoms with van der Waals surface area (Å²) in [5.41, 5.74) is 1.19. The lowest BCUT2D eigenvalue weighted by atomic mass is 9.87. The summed E-state index contributed by atoms with van der Waals surface area (Å²) in [5.74, 6) is 1.72. The zero-order chi connectivity index (χ0) is 12.0. The third kappa shape index (κ3) is 2.16. The minimum absolute atomic E-state index is 0.144. The van der Waals surface area contributed by atoms with E-state index in [0.717, 1.165) is 11.5 Å². The minimum Gasteiger partial charge on any atom is -0.486 e. The largest absolute Gasteiger partial charge is 0.486 e. The molecule has 1 aliphatic heterocycles. The average Bonchev–Trinajstić information content (AvgIpc) is 2.14. The van der Waals surface area contributed by atoms with Crippen LogP contribution in [0.5, 0.6) is 11.5 Å². The van der Waals surface area contributed by atoms with E-state index in [4.69, 9.17) is 9.47 Å². The molecule has 0 amide bonds. The SMILES string of the molecule is CC1(C)COc2cc(C(C)(C)C)ccc2O1. The quantitative estimate of drug-likeness (QED) is 0.666. The molecule has 2 nitrogen and oxygen atoms in total. The molecule has 16 heavy (non-hydrogen) atoms. The molecule has 1 aliphatic rings.